The Morgan fingerprint density at radius 3 is 2.63 bits per heavy atom. The highest BCUT2D eigenvalue weighted by Crippen LogP contribution is 2.24. The molecule has 2 aromatic carbocycles. The molecular formula is C23H31N3O3S. The zero-order valence-corrected chi connectivity index (χ0v) is 18.7. The van der Waals surface area contributed by atoms with Gasteiger partial charge in [0.05, 0.1) is 13.2 Å². The Morgan fingerprint density at radius 2 is 1.93 bits per heavy atom. The van der Waals surface area contributed by atoms with E-state index in [0.717, 1.165) is 30.1 Å². The molecule has 2 aromatic rings. The molecule has 0 bridgehead atoms. The lowest BCUT2D eigenvalue weighted by Crippen LogP contribution is -2.38. The smallest absolute Gasteiger partial charge is 0.321 e. The van der Waals surface area contributed by atoms with Gasteiger partial charge >= 0.3 is 6.03 Å². The molecule has 0 saturated carbocycles. The third kappa shape index (κ3) is 6.39. The third-order valence-electron chi connectivity index (χ3n) is 5.18. The molecule has 3 rings (SSSR count). The van der Waals surface area contributed by atoms with Crippen LogP contribution in [0.5, 0.6) is 5.75 Å². The normalized spacial score (nSPS) is 18.6. The minimum atomic E-state index is -0.0484. The number of hydrogen-bond acceptors (Lipinski definition) is 5. The molecular weight excluding hydrogens is 398 g/mol. The minimum Gasteiger partial charge on any atom is -0.491 e. The van der Waals surface area contributed by atoms with Gasteiger partial charge in [-0.1, -0.05) is 30.3 Å². The number of likely N-dealkylation sites (tertiary alicyclic amines) is 1. The van der Waals surface area contributed by atoms with Crippen LogP contribution >= 0.6 is 11.8 Å². The summed E-state index contributed by atoms with van der Waals surface area (Å²) >= 11 is 1.82. The van der Waals surface area contributed by atoms with Crippen molar-refractivity contribution in [3.8, 4) is 5.75 Å². The molecule has 0 aromatic heterocycles. The maximum Gasteiger partial charge on any atom is 0.321 e. The maximum absolute atomic E-state index is 12.7. The number of nitrogens with one attached hydrogen (secondary N) is 1. The van der Waals surface area contributed by atoms with E-state index in [0.29, 0.717) is 31.1 Å². The summed E-state index contributed by atoms with van der Waals surface area (Å²) in [5, 5.41) is 3.46. The van der Waals surface area contributed by atoms with Gasteiger partial charge in [0, 0.05) is 30.1 Å². The second-order valence-corrected chi connectivity index (χ2v) is 8.63. The average molecular weight is 430 g/mol. The highest BCUT2D eigenvalue weighted by atomic mass is 32.2. The second kappa shape index (κ2) is 11.2. The van der Waals surface area contributed by atoms with Crippen LogP contribution in [0.2, 0.25) is 0 Å². The van der Waals surface area contributed by atoms with Gasteiger partial charge in [-0.2, -0.15) is 11.8 Å². The molecule has 6 nitrogen and oxygen atoms in total. The van der Waals surface area contributed by atoms with Gasteiger partial charge in [-0.05, 0) is 50.2 Å². The van der Waals surface area contributed by atoms with Crippen molar-refractivity contribution in [3.63, 3.8) is 0 Å². The topological polar surface area (TPSA) is 54.0 Å². The van der Waals surface area contributed by atoms with Crippen molar-refractivity contribution in [3.05, 3.63) is 60.2 Å². The van der Waals surface area contributed by atoms with Crippen molar-refractivity contribution in [2.75, 3.05) is 52.0 Å². The fourth-order valence-electron chi connectivity index (χ4n) is 3.52. The molecule has 0 radical (unpaired) electrons. The number of hydrogen-bond donors (Lipinski definition) is 1. The van der Waals surface area contributed by atoms with Crippen LogP contribution in [0.4, 0.5) is 10.5 Å². The van der Waals surface area contributed by atoms with E-state index in [1.54, 1.807) is 0 Å². The number of thioether (sulfide) groups is 1. The number of ether oxygens (including phenoxy) is 2. The van der Waals surface area contributed by atoms with Crippen molar-refractivity contribution in [1.29, 1.82) is 0 Å². The molecule has 1 N–H and O–H groups in total. The van der Waals surface area contributed by atoms with E-state index in [4.69, 9.17) is 9.47 Å². The Bertz CT molecular complexity index is 803. The number of urea groups is 1. The quantitative estimate of drug-likeness (QED) is 0.615. The number of benzene rings is 2. The molecule has 30 heavy (non-hydrogen) atoms. The molecule has 0 unspecified atom stereocenters. The summed E-state index contributed by atoms with van der Waals surface area (Å²) < 4.78 is 11.3. The van der Waals surface area contributed by atoms with Crippen molar-refractivity contribution < 1.29 is 14.3 Å². The summed E-state index contributed by atoms with van der Waals surface area (Å²) in [5.74, 6) is 0.841. The van der Waals surface area contributed by atoms with Crippen LogP contribution in [0, 0.1) is 0 Å². The molecule has 7 heteroatoms. The summed E-state index contributed by atoms with van der Waals surface area (Å²) in [6.07, 6.45) is 2.11. The van der Waals surface area contributed by atoms with E-state index in [9.17, 15) is 4.79 Å². The molecule has 2 atom stereocenters. The van der Waals surface area contributed by atoms with Crippen LogP contribution in [-0.2, 0) is 11.3 Å². The number of likely N-dealkylation sites (N-methyl/N-ethyl adjacent to an activating group) is 1. The zero-order valence-electron chi connectivity index (χ0n) is 17.9. The highest BCUT2D eigenvalue weighted by molar-refractivity contribution is 7.99. The molecule has 1 saturated heterocycles. The zero-order chi connectivity index (χ0) is 21.3. The number of amides is 2. The summed E-state index contributed by atoms with van der Waals surface area (Å²) in [5.41, 5.74) is 1.80. The summed E-state index contributed by atoms with van der Waals surface area (Å²) in [6.45, 7) is 2.98. The Morgan fingerprint density at radius 1 is 1.13 bits per heavy atom. The SMILES string of the molecule is CS[C@H]1CN(C(=O)Nc2cccc(COCCOc3ccccc3)c2)C[C@H]1N(C)C. The molecule has 1 heterocycles. The lowest BCUT2D eigenvalue weighted by Gasteiger charge is -2.23. The van der Waals surface area contributed by atoms with Gasteiger partial charge in [0.2, 0.25) is 0 Å². The first-order valence-corrected chi connectivity index (χ1v) is 11.5. The Kier molecular flexibility index (Phi) is 8.42. The van der Waals surface area contributed by atoms with Gasteiger partial charge in [-0.3, -0.25) is 0 Å². The fraction of sp³-hybridized carbons (Fsp3) is 0.435. The molecule has 0 aliphatic carbocycles. The molecule has 0 spiro atoms. The average Bonchev–Trinajstić information content (AvgIpc) is 3.20. The standard InChI is InChI=1S/C23H31N3O3S/c1-25(2)21-15-26(16-22(21)30-3)23(27)24-19-9-7-8-18(14-19)17-28-12-13-29-20-10-5-4-6-11-20/h4-11,14,21-22H,12-13,15-17H2,1-3H3,(H,24,27)/t21-,22+/m1/s1. The molecule has 1 fully saturated rings. The van der Waals surface area contributed by atoms with Crippen LogP contribution in [0.3, 0.4) is 0 Å². The largest absolute Gasteiger partial charge is 0.491 e. The first-order valence-electron chi connectivity index (χ1n) is 10.2. The number of anilines is 1. The Labute approximate surface area is 183 Å². The first kappa shape index (κ1) is 22.5. The molecule has 2 amide bonds. The minimum absolute atomic E-state index is 0.0484. The van der Waals surface area contributed by atoms with Crippen molar-refractivity contribution in [2.45, 2.75) is 17.9 Å². The lowest BCUT2D eigenvalue weighted by atomic mass is 10.2. The Balaban J connectivity index is 1.44. The van der Waals surface area contributed by atoms with Crippen LogP contribution < -0.4 is 10.1 Å². The first-order chi connectivity index (χ1) is 14.6. The Hall–Kier alpha value is -2.22. The third-order valence-corrected chi connectivity index (χ3v) is 6.25. The number of carbonyl (C=O) groups is 1. The second-order valence-electron chi connectivity index (χ2n) is 7.55. The van der Waals surface area contributed by atoms with Crippen molar-refractivity contribution >= 4 is 23.5 Å². The van der Waals surface area contributed by atoms with Crippen molar-refractivity contribution in [1.82, 2.24) is 9.80 Å². The molecule has 1 aliphatic rings. The number of para-hydroxylation sites is 1. The van der Waals surface area contributed by atoms with Gasteiger partial charge in [0.15, 0.2) is 0 Å². The van der Waals surface area contributed by atoms with Crippen LogP contribution in [0.25, 0.3) is 0 Å². The lowest BCUT2D eigenvalue weighted by molar-refractivity contribution is 0.0889. The number of nitrogens with zero attached hydrogens (tertiary/aromatic N) is 2. The number of rotatable bonds is 9. The summed E-state index contributed by atoms with van der Waals surface area (Å²) in [7, 11) is 4.15. The highest BCUT2D eigenvalue weighted by Gasteiger charge is 2.35. The van der Waals surface area contributed by atoms with Crippen molar-refractivity contribution in [2.24, 2.45) is 0 Å². The van der Waals surface area contributed by atoms with Crippen LogP contribution in [-0.4, -0.2) is 73.8 Å². The van der Waals surface area contributed by atoms with E-state index in [-0.39, 0.29) is 6.03 Å². The van der Waals surface area contributed by atoms with E-state index in [1.807, 2.05) is 71.3 Å². The van der Waals surface area contributed by atoms with Gasteiger partial charge < -0.3 is 24.6 Å². The van der Waals surface area contributed by atoms with E-state index in [1.165, 1.54) is 0 Å². The summed E-state index contributed by atoms with van der Waals surface area (Å²) in [4.78, 5) is 16.8. The van der Waals surface area contributed by atoms with E-state index < -0.39 is 0 Å². The van der Waals surface area contributed by atoms with Crippen LogP contribution in [0.15, 0.2) is 54.6 Å². The summed E-state index contributed by atoms with van der Waals surface area (Å²) in [6, 6.07) is 17.8. The van der Waals surface area contributed by atoms with Gasteiger partial charge in [-0.15, -0.1) is 0 Å². The van der Waals surface area contributed by atoms with Gasteiger partial charge in [0.1, 0.15) is 12.4 Å². The monoisotopic (exact) mass is 429 g/mol. The molecule has 162 valence electrons. The van der Waals surface area contributed by atoms with E-state index >= 15 is 0 Å². The van der Waals surface area contributed by atoms with Gasteiger partial charge in [-0.25, -0.2) is 4.79 Å². The van der Waals surface area contributed by atoms with Crippen LogP contribution in [0.1, 0.15) is 5.56 Å². The fourth-order valence-corrected chi connectivity index (χ4v) is 4.49. The predicted molar refractivity (Wildman–Crippen MR) is 123 cm³/mol. The molecule has 1 aliphatic heterocycles. The predicted octanol–water partition coefficient (Wildman–Crippen LogP) is 3.79. The van der Waals surface area contributed by atoms with Gasteiger partial charge in [0.25, 0.3) is 0 Å². The number of carbonyl (C=O) groups excluding carboxylic acids is 1. The van der Waals surface area contributed by atoms with E-state index in [2.05, 4.69) is 30.6 Å². The maximum atomic E-state index is 12.7.